The first kappa shape index (κ1) is 14.1. The van der Waals surface area contributed by atoms with Crippen molar-refractivity contribution >= 4 is 5.91 Å². The van der Waals surface area contributed by atoms with E-state index < -0.39 is 0 Å². The Bertz CT molecular complexity index is 404. The molecule has 0 spiro atoms. The molecule has 1 unspecified atom stereocenters. The maximum Gasteiger partial charge on any atom is 0.226 e. The fourth-order valence-corrected chi connectivity index (χ4v) is 2.63. The lowest BCUT2D eigenvalue weighted by Crippen LogP contribution is -2.36. The number of amides is 1. The first-order chi connectivity index (χ1) is 9.20. The maximum atomic E-state index is 12.2. The minimum absolute atomic E-state index is 0.288. The fraction of sp³-hybridized carbons (Fsp3) is 0.588. The molecule has 2 heteroatoms. The molecule has 1 heterocycles. The molecular weight excluding hydrogens is 234 g/mol. The second kappa shape index (κ2) is 6.74. The third kappa shape index (κ3) is 3.82. The van der Waals surface area contributed by atoms with E-state index in [1.807, 2.05) is 4.90 Å². The van der Waals surface area contributed by atoms with Gasteiger partial charge >= 0.3 is 0 Å². The summed E-state index contributed by atoms with van der Waals surface area (Å²) >= 11 is 0. The minimum Gasteiger partial charge on any atom is -0.342 e. The number of piperidine rings is 1. The SMILES string of the molecule is CCC(C)c1ccc(CC(=O)N2CCCCC2)cc1. The smallest absolute Gasteiger partial charge is 0.226 e. The highest BCUT2D eigenvalue weighted by molar-refractivity contribution is 5.78. The van der Waals surface area contributed by atoms with Gasteiger partial charge in [-0.15, -0.1) is 0 Å². The zero-order chi connectivity index (χ0) is 13.7. The quantitative estimate of drug-likeness (QED) is 0.806. The van der Waals surface area contributed by atoms with Crippen molar-refractivity contribution in [3.63, 3.8) is 0 Å². The predicted molar refractivity (Wildman–Crippen MR) is 79.3 cm³/mol. The molecule has 0 radical (unpaired) electrons. The van der Waals surface area contributed by atoms with Crippen LogP contribution in [0.5, 0.6) is 0 Å². The summed E-state index contributed by atoms with van der Waals surface area (Å²) in [6, 6.07) is 8.58. The highest BCUT2D eigenvalue weighted by Gasteiger charge is 2.16. The molecule has 19 heavy (non-hydrogen) atoms. The van der Waals surface area contributed by atoms with E-state index in [4.69, 9.17) is 0 Å². The number of carbonyl (C=O) groups is 1. The maximum absolute atomic E-state index is 12.2. The lowest BCUT2D eigenvalue weighted by atomic mass is 9.97. The Morgan fingerprint density at radius 3 is 2.37 bits per heavy atom. The molecule has 1 aromatic rings. The second-order valence-electron chi connectivity index (χ2n) is 5.67. The van der Waals surface area contributed by atoms with Crippen molar-refractivity contribution in [1.82, 2.24) is 4.90 Å². The van der Waals surface area contributed by atoms with Crippen LogP contribution in [0, 0.1) is 0 Å². The van der Waals surface area contributed by atoms with Gasteiger partial charge < -0.3 is 4.90 Å². The van der Waals surface area contributed by atoms with Crippen LogP contribution in [0.2, 0.25) is 0 Å². The van der Waals surface area contributed by atoms with Crippen LogP contribution in [-0.4, -0.2) is 23.9 Å². The summed E-state index contributed by atoms with van der Waals surface area (Å²) < 4.78 is 0. The first-order valence-corrected chi connectivity index (χ1v) is 7.57. The van der Waals surface area contributed by atoms with Gasteiger partial charge in [0.1, 0.15) is 0 Å². The van der Waals surface area contributed by atoms with Gasteiger partial charge in [0.2, 0.25) is 5.91 Å². The average Bonchev–Trinajstić information content (AvgIpc) is 2.48. The molecule has 104 valence electrons. The van der Waals surface area contributed by atoms with Crippen molar-refractivity contribution in [1.29, 1.82) is 0 Å². The molecule has 0 bridgehead atoms. The van der Waals surface area contributed by atoms with Gasteiger partial charge in [0.15, 0.2) is 0 Å². The molecule has 0 N–H and O–H groups in total. The van der Waals surface area contributed by atoms with Crippen molar-refractivity contribution in [2.24, 2.45) is 0 Å². The van der Waals surface area contributed by atoms with Gasteiger partial charge in [0.25, 0.3) is 0 Å². The van der Waals surface area contributed by atoms with Gasteiger partial charge in [-0.2, -0.15) is 0 Å². The van der Waals surface area contributed by atoms with Crippen molar-refractivity contribution in [3.8, 4) is 0 Å². The molecule has 1 aliphatic heterocycles. The second-order valence-corrected chi connectivity index (χ2v) is 5.67. The van der Waals surface area contributed by atoms with Crippen LogP contribution in [0.3, 0.4) is 0 Å². The van der Waals surface area contributed by atoms with E-state index in [-0.39, 0.29) is 5.91 Å². The van der Waals surface area contributed by atoms with E-state index in [0.29, 0.717) is 12.3 Å². The fourth-order valence-electron chi connectivity index (χ4n) is 2.63. The number of carbonyl (C=O) groups excluding carboxylic acids is 1. The Morgan fingerprint density at radius 2 is 1.79 bits per heavy atom. The zero-order valence-corrected chi connectivity index (χ0v) is 12.2. The van der Waals surface area contributed by atoms with Crippen LogP contribution < -0.4 is 0 Å². The number of nitrogens with zero attached hydrogens (tertiary/aromatic N) is 1. The lowest BCUT2D eigenvalue weighted by Gasteiger charge is -2.26. The standard InChI is InChI=1S/C17H25NO/c1-3-14(2)16-9-7-15(8-10-16)13-17(19)18-11-5-4-6-12-18/h7-10,14H,3-6,11-13H2,1-2H3. The zero-order valence-electron chi connectivity index (χ0n) is 12.2. The molecule has 1 saturated heterocycles. The average molecular weight is 259 g/mol. The summed E-state index contributed by atoms with van der Waals surface area (Å²) in [7, 11) is 0. The van der Waals surface area contributed by atoms with Gasteiger partial charge in [0.05, 0.1) is 6.42 Å². The summed E-state index contributed by atoms with van der Waals surface area (Å²) in [5.41, 5.74) is 2.51. The Kier molecular flexibility index (Phi) is 5.00. The van der Waals surface area contributed by atoms with Crippen LogP contribution in [-0.2, 0) is 11.2 Å². The van der Waals surface area contributed by atoms with Gasteiger partial charge in [0, 0.05) is 13.1 Å². The molecule has 0 aliphatic carbocycles. The van der Waals surface area contributed by atoms with Crippen molar-refractivity contribution < 1.29 is 4.79 Å². The largest absolute Gasteiger partial charge is 0.342 e. The number of hydrogen-bond acceptors (Lipinski definition) is 1. The molecule has 1 fully saturated rings. The normalized spacial score (nSPS) is 17.3. The molecule has 2 nitrogen and oxygen atoms in total. The van der Waals surface area contributed by atoms with Crippen molar-refractivity contribution in [2.75, 3.05) is 13.1 Å². The third-order valence-corrected chi connectivity index (χ3v) is 4.23. The van der Waals surface area contributed by atoms with Gasteiger partial charge in [-0.05, 0) is 42.7 Å². The van der Waals surface area contributed by atoms with E-state index in [2.05, 4.69) is 38.1 Å². The topological polar surface area (TPSA) is 20.3 Å². The number of hydrogen-bond donors (Lipinski definition) is 0. The van der Waals surface area contributed by atoms with Crippen LogP contribution in [0.25, 0.3) is 0 Å². The number of rotatable bonds is 4. The van der Waals surface area contributed by atoms with Crippen LogP contribution in [0.4, 0.5) is 0 Å². The van der Waals surface area contributed by atoms with Crippen LogP contribution >= 0.6 is 0 Å². The number of likely N-dealkylation sites (tertiary alicyclic amines) is 1. The van der Waals surface area contributed by atoms with Gasteiger partial charge in [-0.1, -0.05) is 38.1 Å². The van der Waals surface area contributed by atoms with E-state index in [1.165, 1.54) is 24.8 Å². The molecule has 2 rings (SSSR count). The molecule has 1 aliphatic rings. The van der Waals surface area contributed by atoms with Crippen molar-refractivity contribution in [2.45, 2.75) is 51.9 Å². The van der Waals surface area contributed by atoms with E-state index in [0.717, 1.165) is 25.1 Å². The molecule has 1 atom stereocenters. The van der Waals surface area contributed by atoms with Crippen LogP contribution in [0.1, 0.15) is 56.6 Å². The van der Waals surface area contributed by atoms with Crippen LogP contribution in [0.15, 0.2) is 24.3 Å². The summed E-state index contributed by atoms with van der Waals surface area (Å²) in [5.74, 6) is 0.892. The van der Waals surface area contributed by atoms with Gasteiger partial charge in [-0.25, -0.2) is 0 Å². The Morgan fingerprint density at radius 1 is 1.16 bits per heavy atom. The summed E-state index contributed by atoms with van der Waals surface area (Å²) in [6.07, 6.45) is 5.32. The third-order valence-electron chi connectivity index (χ3n) is 4.23. The molecule has 0 saturated carbocycles. The molecule has 0 aromatic heterocycles. The van der Waals surface area contributed by atoms with E-state index in [1.54, 1.807) is 0 Å². The summed E-state index contributed by atoms with van der Waals surface area (Å²) in [6.45, 7) is 6.35. The lowest BCUT2D eigenvalue weighted by molar-refractivity contribution is -0.131. The predicted octanol–water partition coefficient (Wildman–Crippen LogP) is 3.76. The monoisotopic (exact) mass is 259 g/mol. The minimum atomic E-state index is 0.288. The first-order valence-electron chi connectivity index (χ1n) is 7.57. The Labute approximate surface area is 116 Å². The van der Waals surface area contributed by atoms with E-state index in [9.17, 15) is 4.79 Å². The Balaban J connectivity index is 1.93. The summed E-state index contributed by atoms with van der Waals surface area (Å²) in [4.78, 5) is 14.2. The van der Waals surface area contributed by atoms with Gasteiger partial charge in [-0.3, -0.25) is 4.79 Å². The highest BCUT2D eigenvalue weighted by atomic mass is 16.2. The van der Waals surface area contributed by atoms with Crippen molar-refractivity contribution in [3.05, 3.63) is 35.4 Å². The highest BCUT2D eigenvalue weighted by Crippen LogP contribution is 2.19. The number of benzene rings is 1. The van der Waals surface area contributed by atoms with E-state index >= 15 is 0 Å². The molecule has 1 aromatic carbocycles. The molecule has 1 amide bonds. The Hall–Kier alpha value is -1.31. The molecular formula is C17H25NO. The summed E-state index contributed by atoms with van der Waals surface area (Å²) in [5, 5.41) is 0.